The molecule has 1 aliphatic rings. The van der Waals surface area contributed by atoms with Gasteiger partial charge in [0.25, 0.3) is 0 Å². The Bertz CT molecular complexity index is 380. The molecule has 2 rings (SSSR count). The molecule has 0 saturated heterocycles. The lowest BCUT2D eigenvalue weighted by molar-refractivity contribution is 0.0535. The van der Waals surface area contributed by atoms with E-state index in [1.165, 1.54) is 0 Å². The number of anilines is 1. The average Bonchev–Trinajstić information content (AvgIpc) is 2.66. The van der Waals surface area contributed by atoms with Crippen molar-refractivity contribution in [3.63, 3.8) is 0 Å². The van der Waals surface area contributed by atoms with Gasteiger partial charge in [0.15, 0.2) is 0 Å². The summed E-state index contributed by atoms with van der Waals surface area (Å²) >= 11 is 0. The van der Waals surface area contributed by atoms with E-state index in [0.29, 0.717) is 18.0 Å². The standard InChI is InChI=1S/C9H10N2O2.C2H6.H2/c1-5-3-11-8(10-2)7-6(5)4-13-9(7)12;1-2;/h3H,4H2,1-2H3,(H,10,11);1-2H3;1H. The normalized spacial score (nSPS) is 12.4. The monoisotopic (exact) mass is 210 g/mol. The molecule has 1 N–H and O–H groups in total. The predicted octanol–water partition coefficient (Wildman–Crippen LogP) is 2.37. The largest absolute Gasteiger partial charge is 0.457 e. The Morgan fingerprint density at radius 2 is 2.20 bits per heavy atom. The molecule has 0 amide bonds. The molecular formula is C11H18N2O2. The summed E-state index contributed by atoms with van der Waals surface area (Å²) in [6.07, 6.45) is 1.74. The summed E-state index contributed by atoms with van der Waals surface area (Å²) in [6, 6.07) is 0. The van der Waals surface area contributed by atoms with Crippen molar-refractivity contribution in [1.29, 1.82) is 0 Å². The fraction of sp³-hybridized carbons (Fsp3) is 0.455. The predicted molar refractivity (Wildman–Crippen MR) is 61.1 cm³/mol. The van der Waals surface area contributed by atoms with Crippen LogP contribution in [-0.2, 0) is 11.3 Å². The number of aromatic nitrogens is 1. The molecule has 1 aromatic rings. The number of esters is 1. The van der Waals surface area contributed by atoms with Crippen molar-refractivity contribution in [1.82, 2.24) is 4.98 Å². The van der Waals surface area contributed by atoms with Crippen LogP contribution in [-0.4, -0.2) is 18.0 Å². The topological polar surface area (TPSA) is 51.2 Å². The first-order valence-electron chi connectivity index (χ1n) is 5.07. The third-order valence-electron chi connectivity index (χ3n) is 2.19. The Labute approximate surface area is 91.2 Å². The van der Waals surface area contributed by atoms with Crippen molar-refractivity contribution in [2.24, 2.45) is 0 Å². The molecule has 1 aliphatic heterocycles. The van der Waals surface area contributed by atoms with Crippen LogP contribution in [0.4, 0.5) is 5.82 Å². The third-order valence-corrected chi connectivity index (χ3v) is 2.19. The van der Waals surface area contributed by atoms with Crippen LogP contribution in [0.5, 0.6) is 0 Å². The fourth-order valence-electron chi connectivity index (χ4n) is 1.45. The lowest BCUT2D eigenvalue weighted by Crippen LogP contribution is -2.03. The Balaban J connectivity index is 0.000000711. The van der Waals surface area contributed by atoms with Crippen LogP contribution in [0.3, 0.4) is 0 Å². The summed E-state index contributed by atoms with van der Waals surface area (Å²) in [4.78, 5) is 15.4. The zero-order valence-electron chi connectivity index (χ0n) is 9.55. The maximum absolute atomic E-state index is 11.3. The number of nitrogens with zero attached hydrogens (tertiary/aromatic N) is 1. The first kappa shape index (κ1) is 11.5. The SMILES string of the molecule is CC.CNc1ncc(C)c2c1C(=O)OC2.[HH]. The van der Waals surface area contributed by atoms with Gasteiger partial charge in [-0.2, -0.15) is 0 Å². The van der Waals surface area contributed by atoms with Gasteiger partial charge in [-0.1, -0.05) is 13.8 Å². The molecule has 0 radical (unpaired) electrons. The minimum atomic E-state index is -0.282. The summed E-state index contributed by atoms with van der Waals surface area (Å²) in [6.45, 7) is 6.30. The van der Waals surface area contributed by atoms with Gasteiger partial charge in [-0.3, -0.25) is 0 Å². The average molecular weight is 210 g/mol. The van der Waals surface area contributed by atoms with Gasteiger partial charge in [0.1, 0.15) is 18.0 Å². The van der Waals surface area contributed by atoms with Gasteiger partial charge < -0.3 is 10.1 Å². The van der Waals surface area contributed by atoms with Gasteiger partial charge in [0, 0.05) is 20.2 Å². The van der Waals surface area contributed by atoms with Crippen LogP contribution in [0.1, 0.15) is 36.8 Å². The Morgan fingerprint density at radius 1 is 1.53 bits per heavy atom. The van der Waals surface area contributed by atoms with E-state index in [0.717, 1.165) is 11.1 Å². The van der Waals surface area contributed by atoms with Crippen LogP contribution < -0.4 is 5.32 Å². The highest BCUT2D eigenvalue weighted by Gasteiger charge is 2.26. The number of carbonyl (C=O) groups excluding carboxylic acids is 1. The molecule has 0 aliphatic carbocycles. The van der Waals surface area contributed by atoms with Gasteiger partial charge in [0.2, 0.25) is 0 Å². The molecule has 84 valence electrons. The van der Waals surface area contributed by atoms with Gasteiger partial charge in [0.05, 0.1) is 0 Å². The molecule has 2 heterocycles. The first-order chi connectivity index (χ1) is 7.24. The van der Waals surface area contributed by atoms with Crippen LogP contribution in [0, 0.1) is 6.92 Å². The van der Waals surface area contributed by atoms with E-state index in [2.05, 4.69) is 10.3 Å². The van der Waals surface area contributed by atoms with Crippen molar-refractivity contribution in [2.45, 2.75) is 27.4 Å². The minimum absolute atomic E-state index is 0. The van der Waals surface area contributed by atoms with Crippen LogP contribution in [0.25, 0.3) is 0 Å². The molecule has 4 nitrogen and oxygen atoms in total. The molecule has 0 atom stereocenters. The lowest BCUT2D eigenvalue weighted by Gasteiger charge is -2.04. The van der Waals surface area contributed by atoms with Crippen molar-refractivity contribution in [2.75, 3.05) is 12.4 Å². The molecule has 4 heteroatoms. The lowest BCUT2D eigenvalue weighted by atomic mass is 10.1. The van der Waals surface area contributed by atoms with Gasteiger partial charge >= 0.3 is 5.97 Å². The molecule has 0 bridgehead atoms. The number of ether oxygens (including phenoxy) is 1. The number of hydrogen-bond donors (Lipinski definition) is 1. The maximum Gasteiger partial charge on any atom is 0.342 e. The van der Waals surface area contributed by atoms with Crippen LogP contribution in [0.2, 0.25) is 0 Å². The van der Waals surface area contributed by atoms with Crippen molar-refractivity contribution in [3.8, 4) is 0 Å². The molecule has 15 heavy (non-hydrogen) atoms. The number of rotatable bonds is 1. The van der Waals surface area contributed by atoms with Crippen molar-refractivity contribution in [3.05, 3.63) is 22.9 Å². The Kier molecular flexibility index (Phi) is 3.66. The number of hydrogen-bond acceptors (Lipinski definition) is 4. The van der Waals surface area contributed by atoms with E-state index in [4.69, 9.17) is 4.74 Å². The quantitative estimate of drug-likeness (QED) is 0.723. The summed E-state index contributed by atoms with van der Waals surface area (Å²) in [5.74, 6) is 0.318. The van der Waals surface area contributed by atoms with E-state index >= 15 is 0 Å². The Hall–Kier alpha value is -1.58. The fourth-order valence-corrected chi connectivity index (χ4v) is 1.45. The highest BCUT2D eigenvalue weighted by molar-refractivity contribution is 5.98. The van der Waals surface area contributed by atoms with Crippen molar-refractivity contribution >= 4 is 11.8 Å². The number of fused-ring (bicyclic) bond motifs is 1. The smallest absolute Gasteiger partial charge is 0.342 e. The third kappa shape index (κ3) is 1.93. The molecule has 0 aromatic carbocycles. The Morgan fingerprint density at radius 3 is 2.80 bits per heavy atom. The number of cyclic esters (lactones) is 1. The van der Waals surface area contributed by atoms with Crippen LogP contribution >= 0.6 is 0 Å². The minimum Gasteiger partial charge on any atom is -0.457 e. The summed E-state index contributed by atoms with van der Waals surface area (Å²) in [5, 5.41) is 2.87. The second-order valence-corrected chi connectivity index (χ2v) is 2.97. The summed E-state index contributed by atoms with van der Waals surface area (Å²) in [5.41, 5.74) is 2.53. The highest BCUT2D eigenvalue weighted by Crippen LogP contribution is 2.27. The van der Waals surface area contributed by atoms with E-state index in [-0.39, 0.29) is 7.40 Å². The molecule has 0 spiro atoms. The molecule has 1 aromatic heterocycles. The maximum atomic E-state index is 11.3. The molecular weight excluding hydrogens is 192 g/mol. The van der Waals surface area contributed by atoms with Gasteiger partial charge in [-0.05, 0) is 12.5 Å². The first-order valence-corrected chi connectivity index (χ1v) is 5.07. The summed E-state index contributed by atoms with van der Waals surface area (Å²) in [7, 11) is 1.74. The number of pyridine rings is 1. The van der Waals surface area contributed by atoms with E-state index in [9.17, 15) is 4.79 Å². The molecule has 0 fully saturated rings. The van der Waals surface area contributed by atoms with Gasteiger partial charge in [-0.25, -0.2) is 9.78 Å². The van der Waals surface area contributed by atoms with Gasteiger partial charge in [-0.15, -0.1) is 0 Å². The second-order valence-electron chi connectivity index (χ2n) is 2.97. The van der Waals surface area contributed by atoms with E-state index < -0.39 is 0 Å². The number of carbonyl (C=O) groups is 1. The zero-order valence-corrected chi connectivity index (χ0v) is 9.55. The number of nitrogens with one attached hydrogen (secondary N) is 1. The van der Waals surface area contributed by atoms with E-state index in [1.54, 1.807) is 13.2 Å². The number of aryl methyl sites for hydroxylation is 1. The van der Waals surface area contributed by atoms with Crippen molar-refractivity contribution < 1.29 is 11.0 Å². The van der Waals surface area contributed by atoms with E-state index in [1.807, 2.05) is 20.8 Å². The summed E-state index contributed by atoms with van der Waals surface area (Å²) < 4.78 is 4.93. The van der Waals surface area contributed by atoms with Crippen LogP contribution in [0.15, 0.2) is 6.20 Å². The zero-order chi connectivity index (χ0) is 11.4. The second kappa shape index (κ2) is 4.77. The molecule has 0 saturated carbocycles. The molecule has 0 unspecified atom stereocenters. The highest BCUT2D eigenvalue weighted by atomic mass is 16.5.